The fourth-order valence-electron chi connectivity index (χ4n) is 0. The van der Waals surface area contributed by atoms with E-state index in [1.165, 1.54) is 6.92 Å². The third-order valence-corrected chi connectivity index (χ3v) is 0.333. The first kappa shape index (κ1) is 10.2. The van der Waals surface area contributed by atoms with Gasteiger partial charge in [-0.05, 0) is 13.8 Å². The number of carbonyl (C=O) groups excluding carboxylic acids is 1. The highest BCUT2D eigenvalue weighted by Gasteiger charge is 1.61. The summed E-state index contributed by atoms with van der Waals surface area (Å²) in [5, 5.41) is 0. The van der Waals surface area contributed by atoms with Crippen molar-refractivity contribution < 1.29 is 4.79 Å². The molecule has 0 aliphatic carbocycles. The van der Waals surface area contributed by atoms with Crippen LogP contribution in [0, 0.1) is 0 Å². The van der Waals surface area contributed by atoms with E-state index < -0.39 is 0 Å². The van der Waals surface area contributed by atoms with Gasteiger partial charge in [0.05, 0.1) is 0 Å². The van der Waals surface area contributed by atoms with Crippen LogP contribution in [0.4, 0.5) is 0 Å². The van der Waals surface area contributed by atoms with Crippen LogP contribution in [0.3, 0.4) is 0 Å². The molecule has 1 amide bonds. The smallest absolute Gasteiger partial charge is 0.214 e. The quantitative estimate of drug-likeness (QED) is 0.471. The summed E-state index contributed by atoms with van der Waals surface area (Å²) in [7, 11) is 0. The normalized spacial score (nSPS) is 7.88. The number of hydrogen-bond acceptors (Lipinski definition) is 1. The van der Waals surface area contributed by atoms with E-state index in [2.05, 4.69) is 5.73 Å². The fourth-order valence-corrected chi connectivity index (χ4v) is 0. The van der Waals surface area contributed by atoms with E-state index in [4.69, 9.17) is 0 Å². The van der Waals surface area contributed by atoms with Gasteiger partial charge in [0, 0.05) is 6.92 Å². The summed E-state index contributed by atoms with van der Waals surface area (Å²) in [6.45, 7) is 5.31. The molecule has 2 heteroatoms. The molecule has 0 rings (SSSR count). The van der Waals surface area contributed by atoms with Gasteiger partial charge in [-0.1, -0.05) is 12.2 Å². The van der Waals surface area contributed by atoms with Crippen LogP contribution in [0.1, 0.15) is 20.8 Å². The van der Waals surface area contributed by atoms with Gasteiger partial charge in [0.15, 0.2) is 0 Å². The van der Waals surface area contributed by atoms with E-state index in [-0.39, 0.29) is 5.91 Å². The van der Waals surface area contributed by atoms with Crippen molar-refractivity contribution in [2.75, 3.05) is 0 Å². The Bertz CT molecular complexity index is 68.6. The fraction of sp³-hybridized carbons (Fsp3) is 0.500. The molecule has 0 bridgehead atoms. The molecule has 0 atom stereocenters. The molecule has 0 fully saturated rings. The number of carbonyl (C=O) groups is 1. The molecule has 0 unspecified atom stereocenters. The number of amides is 1. The van der Waals surface area contributed by atoms with Gasteiger partial charge in [-0.3, -0.25) is 4.79 Å². The lowest BCUT2D eigenvalue weighted by atomic mass is 10.6. The molecular weight excluding hydrogens is 102 g/mol. The molecule has 8 heavy (non-hydrogen) atoms. The predicted molar refractivity (Wildman–Crippen MR) is 35.4 cm³/mol. The summed E-state index contributed by atoms with van der Waals surface area (Å²) in [6.07, 6.45) is 4.00. The molecule has 0 heterocycles. The van der Waals surface area contributed by atoms with Crippen molar-refractivity contribution in [1.29, 1.82) is 0 Å². The first-order chi connectivity index (χ1) is 3.65. The van der Waals surface area contributed by atoms with Crippen LogP contribution in [-0.4, -0.2) is 5.91 Å². The van der Waals surface area contributed by atoms with Crippen LogP contribution in [0.25, 0.3) is 0 Å². The summed E-state index contributed by atoms with van der Waals surface area (Å²) in [6, 6.07) is 0. The van der Waals surface area contributed by atoms with Crippen LogP contribution in [0.15, 0.2) is 12.2 Å². The predicted octanol–water partition coefficient (Wildman–Crippen LogP) is 1.07. The Balaban J connectivity index is 0. The zero-order valence-electron chi connectivity index (χ0n) is 5.64. The summed E-state index contributed by atoms with van der Waals surface area (Å²) in [5.74, 6) is -0.333. The molecule has 0 saturated heterocycles. The minimum Gasteiger partial charge on any atom is -0.370 e. The van der Waals surface area contributed by atoms with E-state index in [9.17, 15) is 4.79 Å². The van der Waals surface area contributed by atoms with Gasteiger partial charge in [-0.25, -0.2) is 0 Å². The van der Waals surface area contributed by atoms with Crippen LogP contribution in [0.2, 0.25) is 0 Å². The second kappa shape index (κ2) is 9.51. The van der Waals surface area contributed by atoms with Gasteiger partial charge >= 0.3 is 0 Å². The molecule has 0 aromatic rings. The lowest BCUT2D eigenvalue weighted by Crippen LogP contribution is -2.01. The molecule has 0 saturated carbocycles. The third-order valence-electron chi connectivity index (χ3n) is 0.333. The van der Waals surface area contributed by atoms with E-state index in [0.29, 0.717) is 0 Å². The van der Waals surface area contributed by atoms with Gasteiger partial charge in [0.25, 0.3) is 0 Å². The van der Waals surface area contributed by atoms with Crippen molar-refractivity contribution in [2.24, 2.45) is 5.73 Å². The average molecular weight is 115 g/mol. The molecule has 0 radical (unpaired) electrons. The molecule has 0 aromatic carbocycles. The van der Waals surface area contributed by atoms with Gasteiger partial charge < -0.3 is 5.73 Å². The maximum atomic E-state index is 9.22. The number of nitrogens with two attached hydrogens (primary N) is 1. The monoisotopic (exact) mass is 115 g/mol. The molecule has 2 N–H and O–H groups in total. The summed E-state index contributed by atoms with van der Waals surface area (Å²) >= 11 is 0. The van der Waals surface area contributed by atoms with Crippen molar-refractivity contribution in [2.45, 2.75) is 20.8 Å². The maximum Gasteiger partial charge on any atom is 0.214 e. The van der Waals surface area contributed by atoms with Crippen LogP contribution in [0.5, 0.6) is 0 Å². The minimum atomic E-state index is -0.333. The van der Waals surface area contributed by atoms with Crippen molar-refractivity contribution in [1.82, 2.24) is 0 Å². The Morgan fingerprint density at radius 1 is 1.38 bits per heavy atom. The van der Waals surface area contributed by atoms with E-state index in [0.717, 1.165) is 0 Å². The second-order valence-electron chi connectivity index (χ2n) is 1.28. The first-order valence-corrected chi connectivity index (χ1v) is 2.48. The molecule has 0 aliphatic rings. The number of primary amides is 1. The van der Waals surface area contributed by atoms with Gasteiger partial charge in [-0.15, -0.1) is 0 Å². The Labute approximate surface area is 50.4 Å². The molecule has 48 valence electrons. The molecular formula is C6H13NO. The molecule has 0 aromatic heterocycles. The third kappa shape index (κ3) is 2090. The van der Waals surface area contributed by atoms with Crippen molar-refractivity contribution in [3.63, 3.8) is 0 Å². The highest BCUT2D eigenvalue weighted by molar-refractivity contribution is 5.70. The van der Waals surface area contributed by atoms with Crippen molar-refractivity contribution in [3.8, 4) is 0 Å². The topological polar surface area (TPSA) is 43.1 Å². The molecule has 2 nitrogen and oxygen atoms in total. The molecule has 0 spiro atoms. The van der Waals surface area contributed by atoms with Crippen molar-refractivity contribution >= 4 is 5.91 Å². The van der Waals surface area contributed by atoms with Crippen LogP contribution in [-0.2, 0) is 4.79 Å². The van der Waals surface area contributed by atoms with Gasteiger partial charge in [-0.2, -0.15) is 0 Å². The second-order valence-corrected chi connectivity index (χ2v) is 1.28. The Morgan fingerprint density at radius 2 is 1.50 bits per heavy atom. The Morgan fingerprint density at radius 3 is 1.50 bits per heavy atom. The maximum absolute atomic E-state index is 9.22. The Kier molecular flexibility index (Phi) is 12.2. The number of hydrogen-bond donors (Lipinski definition) is 1. The van der Waals surface area contributed by atoms with Crippen molar-refractivity contribution in [3.05, 3.63) is 12.2 Å². The highest BCUT2D eigenvalue weighted by atomic mass is 16.1. The number of rotatable bonds is 0. The van der Waals surface area contributed by atoms with E-state index >= 15 is 0 Å². The summed E-state index contributed by atoms with van der Waals surface area (Å²) in [4.78, 5) is 9.22. The summed E-state index contributed by atoms with van der Waals surface area (Å²) < 4.78 is 0. The molecule has 0 aliphatic heterocycles. The lowest BCUT2D eigenvalue weighted by Gasteiger charge is -1.60. The van der Waals surface area contributed by atoms with E-state index in [1.54, 1.807) is 0 Å². The zero-order chi connectivity index (χ0) is 6.99. The standard InChI is InChI=1S/C4H8.C2H5NO/c1-3-4-2;1-2(3)4/h3-4H,1-2H3;1H3,(H2,3,4). The minimum absolute atomic E-state index is 0.333. The van der Waals surface area contributed by atoms with E-state index in [1.807, 2.05) is 26.0 Å². The lowest BCUT2D eigenvalue weighted by molar-refractivity contribution is -0.115. The van der Waals surface area contributed by atoms with Gasteiger partial charge in [0.1, 0.15) is 0 Å². The Hall–Kier alpha value is -0.790. The number of allylic oxidation sites excluding steroid dienone is 2. The van der Waals surface area contributed by atoms with Gasteiger partial charge in [0.2, 0.25) is 5.91 Å². The summed E-state index contributed by atoms with van der Waals surface area (Å²) in [5.41, 5.74) is 4.47. The average Bonchev–Trinajstić information content (AvgIpc) is 1.65. The van der Waals surface area contributed by atoms with Crippen LogP contribution >= 0.6 is 0 Å². The zero-order valence-corrected chi connectivity index (χ0v) is 5.64. The van der Waals surface area contributed by atoms with Crippen LogP contribution < -0.4 is 5.73 Å². The SMILES string of the molecule is CC(N)=O.CC=CC. The largest absolute Gasteiger partial charge is 0.370 e. The first-order valence-electron chi connectivity index (χ1n) is 2.48. The highest BCUT2D eigenvalue weighted by Crippen LogP contribution is 1.57.